The molecule has 3 aromatic carbocycles. The number of rotatable bonds is 8. The minimum atomic E-state index is -0.482. The highest BCUT2D eigenvalue weighted by atomic mass is 35.5. The molecule has 0 aromatic heterocycles. The summed E-state index contributed by atoms with van der Waals surface area (Å²) in [5, 5.41) is 0.668. The minimum absolute atomic E-state index is 0.241. The molecule has 3 aromatic rings. The molecule has 0 aliphatic carbocycles. The smallest absolute Gasteiger partial charge is 0.276 e. The van der Waals surface area contributed by atoms with Gasteiger partial charge in [0, 0.05) is 17.0 Å². The molecule has 0 radical (unpaired) electrons. The van der Waals surface area contributed by atoms with Crippen molar-refractivity contribution in [1.29, 1.82) is 0 Å². The van der Waals surface area contributed by atoms with E-state index in [1.54, 1.807) is 36.4 Å². The second-order valence-electron chi connectivity index (χ2n) is 7.27. The molecule has 7 heteroatoms. The molecule has 166 valence electrons. The van der Waals surface area contributed by atoms with Gasteiger partial charge in [-0.25, -0.2) is 0 Å². The van der Waals surface area contributed by atoms with Crippen molar-refractivity contribution in [3.8, 4) is 11.5 Å². The van der Waals surface area contributed by atoms with Crippen LogP contribution in [-0.4, -0.2) is 25.0 Å². The predicted octanol–water partition coefficient (Wildman–Crippen LogP) is 4.42. The van der Waals surface area contributed by atoms with Crippen LogP contribution in [0.15, 0.2) is 66.7 Å². The molecule has 0 aliphatic heterocycles. The molecule has 0 saturated carbocycles. The number of hydrogen-bond acceptors (Lipinski definition) is 4. The first-order valence-corrected chi connectivity index (χ1v) is 10.6. The summed E-state index contributed by atoms with van der Waals surface area (Å²) >= 11 is 6.13. The van der Waals surface area contributed by atoms with Crippen molar-refractivity contribution in [3.63, 3.8) is 0 Å². The molecule has 0 unspecified atom stereocenters. The molecule has 3 rings (SSSR count). The fourth-order valence-electron chi connectivity index (χ4n) is 3.01. The third-order valence-electron chi connectivity index (χ3n) is 4.71. The van der Waals surface area contributed by atoms with Crippen LogP contribution >= 0.6 is 11.6 Å². The van der Waals surface area contributed by atoms with Crippen molar-refractivity contribution in [2.75, 3.05) is 13.2 Å². The van der Waals surface area contributed by atoms with Crippen LogP contribution in [0, 0.1) is 13.8 Å². The number of hydrogen-bond donors (Lipinski definition) is 2. The highest BCUT2D eigenvalue weighted by Gasteiger charge is 2.10. The van der Waals surface area contributed by atoms with Crippen LogP contribution in [-0.2, 0) is 11.2 Å². The summed E-state index contributed by atoms with van der Waals surface area (Å²) in [6, 6.07) is 20.3. The number of aryl methyl sites for hydroxylation is 2. The van der Waals surface area contributed by atoms with E-state index in [1.165, 1.54) is 5.56 Å². The Morgan fingerprint density at radius 3 is 2.16 bits per heavy atom. The lowest BCUT2D eigenvalue weighted by Gasteiger charge is -2.11. The monoisotopic (exact) mass is 452 g/mol. The average molecular weight is 453 g/mol. The van der Waals surface area contributed by atoms with E-state index in [0.717, 1.165) is 17.5 Å². The molecule has 6 nitrogen and oxygen atoms in total. The molecule has 2 N–H and O–H groups in total. The highest BCUT2D eigenvalue weighted by Crippen LogP contribution is 2.25. The topological polar surface area (TPSA) is 76.7 Å². The van der Waals surface area contributed by atoms with E-state index in [-0.39, 0.29) is 6.61 Å². The second kappa shape index (κ2) is 11.2. The number of halogens is 1. The summed E-state index contributed by atoms with van der Waals surface area (Å²) in [5.41, 5.74) is 8.03. The van der Waals surface area contributed by atoms with Gasteiger partial charge >= 0.3 is 0 Å². The summed E-state index contributed by atoms with van der Waals surface area (Å²) in [6.07, 6.45) is 0.798. The Morgan fingerprint density at radius 2 is 1.50 bits per heavy atom. The second-order valence-corrected chi connectivity index (χ2v) is 7.65. The maximum Gasteiger partial charge on any atom is 0.276 e. The van der Waals surface area contributed by atoms with Crippen molar-refractivity contribution >= 4 is 23.4 Å². The van der Waals surface area contributed by atoms with Gasteiger partial charge in [0.25, 0.3) is 11.8 Å². The van der Waals surface area contributed by atoms with E-state index in [4.69, 9.17) is 21.1 Å². The summed E-state index contributed by atoms with van der Waals surface area (Å²) in [7, 11) is 0. The summed E-state index contributed by atoms with van der Waals surface area (Å²) < 4.78 is 11.2. The third kappa shape index (κ3) is 6.75. The van der Waals surface area contributed by atoms with Crippen LogP contribution in [0.3, 0.4) is 0 Å². The van der Waals surface area contributed by atoms with E-state index in [9.17, 15) is 9.59 Å². The molecule has 0 spiro atoms. The molecule has 0 aliphatic rings. The zero-order valence-electron chi connectivity index (χ0n) is 18.0. The van der Waals surface area contributed by atoms with Crippen LogP contribution in [0.2, 0.25) is 5.02 Å². The van der Waals surface area contributed by atoms with E-state index in [2.05, 4.69) is 10.9 Å². The van der Waals surface area contributed by atoms with Crippen LogP contribution < -0.4 is 20.3 Å². The number of benzene rings is 3. The fourth-order valence-corrected chi connectivity index (χ4v) is 3.12. The summed E-state index contributed by atoms with van der Waals surface area (Å²) in [4.78, 5) is 24.2. The predicted molar refractivity (Wildman–Crippen MR) is 124 cm³/mol. The van der Waals surface area contributed by atoms with Crippen molar-refractivity contribution in [2.24, 2.45) is 0 Å². The zero-order valence-corrected chi connectivity index (χ0v) is 18.7. The van der Waals surface area contributed by atoms with Gasteiger partial charge in [-0.3, -0.25) is 20.4 Å². The van der Waals surface area contributed by atoms with Crippen LogP contribution in [0.4, 0.5) is 0 Å². The quantitative estimate of drug-likeness (QED) is 0.496. The number of ether oxygens (including phenoxy) is 2. The van der Waals surface area contributed by atoms with Gasteiger partial charge in [0.2, 0.25) is 0 Å². The molecule has 0 heterocycles. The number of carbonyl (C=O) groups excluding carboxylic acids is 2. The van der Waals surface area contributed by atoms with Gasteiger partial charge in [-0.1, -0.05) is 41.9 Å². The van der Waals surface area contributed by atoms with Crippen LogP contribution in [0.5, 0.6) is 11.5 Å². The zero-order chi connectivity index (χ0) is 22.9. The lowest BCUT2D eigenvalue weighted by Crippen LogP contribution is -2.43. The lowest BCUT2D eigenvalue weighted by molar-refractivity contribution is -0.123. The SMILES string of the molecule is Cc1cc(OCC(=O)NNC(=O)c2ccc(OCCc3ccccc3)cc2)cc(C)c1Cl. The Morgan fingerprint density at radius 1 is 0.844 bits per heavy atom. The number of nitrogens with one attached hydrogen (secondary N) is 2. The highest BCUT2D eigenvalue weighted by molar-refractivity contribution is 6.32. The Balaban J connectivity index is 1.40. The van der Waals surface area contributed by atoms with E-state index in [1.807, 2.05) is 44.2 Å². The minimum Gasteiger partial charge on any atom is -0.493 e. The van der Waals surface area contributed by atoms with Crippen molar-refractivity contribution in [2.45, 2.75) is 20.3 Å². The van der Waals surface area contributed by atoms with Crippen molar-refractivity contribution in [3.05, 3.63) is 94.0 Å². The molecule has 32 heavy (non-hydrogen) atoms. The number of carbonyl (C=O) groups is 2. The Bertz CT molecular complexity index is 1050. The van der Waals surface area contributed by atoms with Gasteiger partial charge < -0.3 is 9.47 Å². The van der Waals surface area contributed by atoms with E-state index < -0.39 is 11.8 Å². The third-order valence-corrected chi connectivity index (χ3v) is 5.31. The Labute approximate surface area is 192 Å². The molecular formula is C25H25ClN2O4. The molecular weight excluding hydrogens is 428 g/mol. The number of hydrazine groups is 1. The van der Waals surface area contributed by atoms with Crippen molar-refractivity contribution in [1.82, 2.24) is 10.9 Å². The van der Waals surface area contributed by atoms with E-state index in [0.29, 0.717) is 28.7 Å². The Hall–Kier alpha value is -3.51. The van der Waals surface area contributed by atoms with Crippen LogP contribution in [0.25, 0.3) is 0 Å². The number of amides is 2. The summed E-state index contributed by atoms with van der Waals surface area (Å²) in [5.74, 6) is 0.286. The Kier molecular flexibility index (Phi) is 8.11. The molecule has 0 bridgehead atoms. The fraction of sp³-hybridized carbons (Fsp3) is 0.200. The van der Waals surface area contributed by atoms with Gasteiger partial charge in [-0.15, -0.1) is 0 Å². The van der Waals surface area contributed by atoms with Gasteiger partial charge in [-0.2, -0.15) is 0 Å². The largest absolute Gasteiger partial charge is 0.493 e. The van der Waals surface area contributed by atoms with Gasteiger partial charge in [0.05, 0.1) is 6.61 Å². The first kappa shape index (κ1) is 23.2. The summed E-state index contributed by atoms with van der Waals surface area (Å²) in [6.45, 7) is 4.03. The average Bonchev–Trinajstić information content (AvgIpc) is 2.80. The van der Waals surface area contributed by atoms with E-state index >= 15 is 0 Å². The molecule has 0 atom stereocenters. The molecule has 2 amide bonds. The van der Waals surface area contributed by atoms with Crippen LogP contribution in [0.1, 0.15) is 27.0 Å². The first-order chi connectivity index (χ1) is 15.4. The van der Waals surface area contributed by atoms with Gasteiger partial charge in [0.1, 0.15) is 11.5 Å². The van der Waals surface area contributed by atoms with Gasteiger partial charge in [-0.05, 0) is 66.9 Å². The molecule has 0 saturated heterocycles. The maximum absolute atomic E-state index is 12.2. The van der Waals surface area contributed by atoms with Gasteiger partial charge in [0.15, 0.2) is 6.61 Å². The normalized spacial score (nSPS) is 10.3. The standard InChI is InChI=1S/C25H25ClN2O4/c1-17-14-22(15-18(2)24(17)26)32-16-23(29)27-28-25(30)20-8-10-21(11-9-20)31-13-12-19-6-4-3-5-7-19/h3-11,14-15H,12-13,16H2,1-2H3,(H,27,29)(H,28,30). The maximum atomic E-state index is 12.2. The first-order valence-electron chi connectivity index (χ1n) is 10.2. The lowest BCUT2D eigenvalue weighted by atomic mass is 10.1. The van der Waals surface area contributed by atoms with Crippen molar-refractivity contribution < 1.29 is 19.1 Å². The molecule has 0 fully saturated rings.